The summed E-state index contributed by atoms with van der Waals surface area (Å²) in [4.78, 5) is 15.5. The number of aliphatic hydroxyl groups is 1. The Balaban J connectivity index is 2.23. The third-order valence-corrected chi connectivity index (χ3v) is 3.60. The van der Waals surface area contributed by atoms with Crippen LogP contribution in [0.4, 0.5) is 0 Å². The molecule has 0 bridgehead atoms. The number of aromatic nitrogens is 1. The molecular formula is C17H15NO4. The number of methoxy groups -OCH3 is 1. The molecule has 112 valence electrons. The fourth-order valence-corrected chi connectivity index (χ4v) is 2.45. The van der Waals surface area contributed by atoms with Crippen molar-refractivity contribution in [1.82, 2.24) is 4.98 Å². The number of pyridine rings is 1. The highest BCUT2D eigenvalue weighted by Crippen LogP contribution is 2.28. The number of rotatable bonds is 3. The number of hydrogen-bond acceptors (Lipinski definition) is 4. The number of hydrogen-bond donors (Lipinski definition) is 3. The molecule has 2 aromatic carbocycles. The number of aliphatic hydroxyl groups excluding tert-OH is 1. The molecule has 0 radical (unpaired) electrons. The molecule has 0 saturated carbocycles. The highest BCUT2D eigenvalue weighted by Gasteiger charge is 2.11. The zero-order valence-electron chi connectivity index (χ0n) is 12.0. The maximum atomic E-state index is 12.3. The number of phenols is 1. The fourth-order valence-electron chi connectivity index (χ4n) is 2.45. The summed E-state index contributed by atoms with van der Waals surface area (Å²) in [5.74, 6) is 0.510. The quantitative estimate of drug-likeness (QED) is 0.693. The summed E-state index contributed by atoms with van der Waals surface area (Å²) in [6, 6.07) is 12.0. The number of benzene rings is 2. The Morgan fingerprint density at radius 2 is 2.00 bits per heavy atom. The number of aromatic amines is 1. The fraction of sp³-hybridized carbons (Fsp3) is 0.118. The summed E-state index contributed by atoms with van der Waals surface area (Å²) in [6.07, 6.45) is 0. The average Bonchev–Trinajstić information content (AvgIpc) is 2.54. The molecule has 1 heterocycles. The van der Waals surface area contributed by atoms with Crippen LogP contribution in [-0.2, 0) is 6.61 Å². The molecule has 0 aliphatic heterocycles. The van der Waals surface area contributed by atoms with Crippen molar-refractivity contribution in [3.05, 3.63) is 58.3 Å². The van der Waals surface area contributed by atoms with Crippen LogP contribution in [0.5, 0.6) is 11.5 Å². The molecule has 0 aliphatic rings. The van der Waals surface area contributed by atoms with E-state index in [-0.39, 0.29) is 23.2 Å². The van der Waals surface area contributed by atoms with Crippen LogP contribution in [-0.4, -0.2) is 22.3 Å². The van der Waals surface area contributed by atoms with Crippen LogP contribution < -0.4 is 10.2 Å². The normalized spacial score (nSPS) is 10.8. The predicted molar refractivity (Wildman–Crippen MR) is 84.1 cm³/mol. The van der Waals surface area contributed by atoms with Crippen LogP contribution in [0, 0.1) is 0 Å². The van der Waals surface area contributed by atoms with E-state index in [9.17, 15) is 15.0 Å². The highest BCUT2D eigenvalue weighted by atomic mass is 16.5. The summed E-state index contributed by atoms with van der Waals surface area (Å²) in [6.45, 7) is -0.321. The van der Waals surface area contributed by atoms with Crippen LogP contribution in [0.3, 0.4) is 0 Å². The predicted octanol–water partition coefficient (Wildman–Crippen LogP) is 2.40. The number of ether oxygens (including phenoxy) is 1. The first-order valence-electron chi connectivity index (χ1n) is 6.77. The van der Waals surface area contributed by atoms with Crippen LogP contribution in [0.15, 0.2) is 47.3 Å². The van der Waals surface area contributed by atoms with Gasteiger partial charge in [-0.05, 0) is 18.2 Å². The maximum absolute atomic E-state index is 12.3. The lowest BCUT2D eigenvalue weighted by Gasteiger charge is -2.09. The molecule has 0 spiro atoms. The van der Waals surface area contributed by atoms with Crippen molar-refractivity contribution in [2.24, 2.45) is 0 Å². The minimum Gasteiger partial charge on any atom is -0.507 e. The Morgan fingerprint density at radius 1 is 1.18 bits per heavy atom. The molecule has 0 saturated heterocycles. The van der Waals surface area contributed by atoms with E-state index < -0.39 is 0 Å². The van der Waals surface area contributed by atoms with E-state index in [2.05, 4.69) is 4.98 Å². The van der Waals surface area contributed by atoms with Crippen LogP contribution in [0.2, 0.25) is 0 Å². The molecule has 5 heteroatoms. The van der Waals surface area contributed by atoms with Crippen molar-refractivity contribution in [3.8, 4) is 22.8 Å². The average molecular weight is 297 g/mol. The monoisotopic (exact) mass is 297 g/mol. The smallest absolute Gasteiger partial charge is 0.193 e. The second-order valence-corrected chi connectivity index (χ2v) is 4.93. The van der Waals surface area contributed by atoms with Crippen molar-refractivity contribution < 1.29 is 14.9 Å². The van der Waals surface area contributed by atoms with Gasteiger partial charge in [-0.2, -0.15) is 0 Å². The van der Waals surface area contributed by atoms with Gasteiger partial charge in [0.1, 0.15) is 11.5 Å². The summed E-state index contributed by atoms with van der Waals surface area (Å²) < 4.78 is 5.18. The second kappa shape index (κ2) is 5.54. The molecule has 22 heavy (non-hydrogen) atoms. The maximum Gasteiger partial charge on any atom is 0.193 e. The molecule has 0 atom stereocenters. The minimum atomic E-state index is -0.321. The van der Waals surface area contributed by atoms with Gasteiger partial charge in [0.05, 0.1) is 24.6 Å². The Kier molecular flexibility index (Phi) is 3.56. The molecule has 3 rings (SSSR count). The van der Waals surface area contributed by atoms with E-state index in [4.69, 9.17) is 4.74 Å². The molecule has 0 amide bonds. The SMILES string of the molecule is COc1cccc(-c2cc(=O)c3c(O)c(CO)ccc3[nH]2)c1. The molecule has 5 nitrogen and oxygen atoms in total. The standard InChI is InChI=1S/C17H15NO4/c1-22-12-4-2-3-10(7-12)14-8-15(20)16-13(18-14)6-5-11(9-19)17(16)21/h2-8,19,21H,9H2,1H3,(H,18,20). The second-order valence-electron chi connectivity index (χ2n) is 4.93. The highest BCUT2D eigenvalue weighted by molar-refractivity contribution is 5.88. The molecule has 0 aliphatic carbocycles. The Labute approximate surface area is 126 Å². The molecule has 0 fully saturated rings. The van der Waals surface area contributed by atoms with E-state index in [0.717, 1.165) is 5.56 Å². The summed E-state index contributed by atoms with van der Waals surface area (Å²) >= 11 is 0. The Hall–Kier alpha value is -2.79. The third kappa shape index (κ3) is 2.31. The summed E-state index contributed by atoms with van der Waals surface area (Å²) in [7, 11) is 1.58. The summed E-state index contributed by atoms with van der Waals surface area (Å²) in [5, 5.41) is 19.4. The largest absolute Gasteiger partial charge is 0.507 e. The van der Waals surface area contributed by atoms with Gasteiger partial charge in [-0.25, -0.2) is 0 Å². The van der Waals surface area contributed by atoms with Gasteiger partial charge < -0.3 is 19.9 Å². The minimum absolute atomic E-state index is 0.179. The van der Waals surface area contributed by atoms with Gasteiger partial charge in [0.2, 0.25) is 0 Å². The van der Waals surface area contributed by atoms with Gasteiger partial charge in [0, 0.05) is 22.9 Å². The lowest BCUT2D eigenvalue weighted by molar-refractivity contribution is 0.276. The van der Waals surface area contributed by atoms with Crippen LogP contribution >= 0.6 is 0 Å². The van der Waals surface area contributed by atoms with E-state index in [1.165, 1.54) is 6.07 Å². The van der Waals surface area contributed by atoms with Gasteiger partial charge in [-0.1, -0.05) is 18.2 Å². The third-order valence-electron chi connectivity index (χ3n) is 3.60. The number of fused-ring (bicyclic) bond motifs is 1. The first-order valence-corrected chi connectivity index (χ1v) is 6.77. The van der Waals surface area contributed by atoms with Gasteiger partial charge in [-0.3, -0.25) is 4.79 Å². The van der Waals surface area contributed by atoms with E-state index >= 15 is 0 Å². The molecular weight excluding hydrogens is 282 g/mol. The molecule has 0 unspecified atom stereocenters. The molecule has 3 aromatic rings. The van der Waals surface area contributed by atoms with Gasteiger partial charge >= 0.3 is 0 Å². The lowest BCUT2D eigenvalue weighted by Crippen LogP contribution is -2.04. The van der Waals surface area contributed by atoms with Gasteiger partial charge in [-0.15, -0.1) is 0 Å². The van der Waals surface area contributed by atoms with Crippen molar-refractivity contribution in [2.45, 2.75) is 6.61 Å². The van der Waals surface area contributed by atoms with Gasteiger partial charge in [0.25, 0.3) is 0 Å². The zero-order valence-corrected chi connectivity index (χ0v) is 12.0. The Morgan fingerprint density at radius 3 is 2.73 bits per heavy atom. The lowest BCUT2D eigenvalue weighted by atomic mass is 10.1. The number of nitrogens with one attached hydrogen (secondary N) is 1. The zero-order chi connectivity index (χ0) is 15.7. The molecule has 1 aromatic heterocycles. The van der Waals surface area contributed by atoms with Crippen molar-refractivity contribution in [3.63, 3.8) is 0 Å². The van der Waals surface area contributed by atoms with E-state index in [1.807, 2.05) is 24.3 Å². The Bertz CT molecular complexity index is 899. The number of aromatic hydroxyl groups is 1. The topological polar surface area (TPSA) is 82.6 Å². The van der Waals surface area contributed by atoms with Crippen molar-refractivity contribution in [2.75, 3.05) is 7.11 Å². The van der Waals surface area contributed by atoms with Crippen LogP contribution in [0.25, 0.3) is 22.2 Å². The molecule has 3 N–H and O–H groups in total. The first kappa shape index (κ1) is 14.2. The summed E-state index contributed by atoms with van der Waals surface area (Å²) in [5.41, 5.74) is 1.98. The van der Waals surface area contributed by atoms with E-state index in [0.29, 0.717) is 22.5 Å². The first-order chi connectivity index (χ1) is 10.6. The van der Waals surface area contributed by atoms with E-state index in [1.54, 1.807) is 19.2 Å². The number of H-pyrrole nitrogens is 1. The van der Waals surface area contributed by atoms with Crippen molar-refractivity contribution >= 4 is 10.9 Å². The van der Waals surface area contributed by atoms with Crippen molar-refractivity contribution in [1.29, 1.82) is 0 Å². The van der Waals surface area contributed by atoms with Crippen LogP contribution in [0.1, 0.15) is 5.56 Å². The van der Waals surface area contributed by atoms with Gasteiger partial charge in [0.15, 0.2) is 5.43 Å².